The van der Waals surface area contributed by atoms with Crippen LogP contribution < -0.4 is 15.2 Å². The summed E-state index contributed by atoms with van der Waals surface area (Å²) in [5.41, 5.74) is 6.76. The molecule has 0 unspecified atom stereocenters. The molecule has 0 spiro atoms. The first-order valence-electron chi connectivity index (χ1n) is 5.95. The van der Waals surface area contributed by atoms with Gasteiger partial charge in [0.2, 0.25) is 0 Å². The van der Waals surface area contributed by atoms with Crippen LogP contribution in [0.5, 0.6) is 11.5 Å². The zero-order chi connectivity index (χ0) is 12.1. The van der Waals surface area contributed by atoms with Crippen LogP contribution in [0.15, 0.2) is 18.2 Å². The Morgan fingerprint density at radius 2 is 2.18 bits per heavy atom. The van der Waals surface area contributed by atoms with Gasteiger partial charge in [0.15, 0.2) is 11.5 Å². The Bertz CT molecular complexity index is 366. The zero-order valence-electron chi connectivity index (χ0n) is 10.1. The number of methoxy groups -OCH3 is 1. The Labute approximate surface area is 107 Å². The van der Waals surface area contributed by atoms with E-state index < -0.39 is 0 Å². The summed E-state index contributed by atoms with van der Waals surface area (Å²) in [6, 6.07) is 6.16. The summed E-state index contributed by atoms with van der Waals surface area (Å²) in [7, 11) is 1.68. The van der Waals surface area contributed by atoms with E-state index >= 15 is 0 Å². The largest absolute Gasteiger partial charge is 0.493 e. The predicted octanol–water partition coefficient (Wildman–Crippen LogP) is 2.08. The lowest BCUT2D eigenvalue weighted by Gasteiger charge is -2.26. The Morgan fingerprint density at radius 1 is 1.35 bits per heavy atom. The average Bonchev–Trinajstić information content (AvgIpc) is 2.31. The van der Waals surface area contributed by atoms with Crippen molar-refractivity contribution in [2.45, 2.75) is 18.9 Å². The second-order valence-electron chi connectivity index (χ2n) is 4.15. The molecule has 0 aromatic heterocycles. The van der Waals surface area contributed by atoms with E-state index in [1.54, 1.807) is 7.11 Å². The van der Waals surface area contributed by atoms with Gasteiger partial charge >= 0.3 is 0 Å². The number of aryl methyl sites for hydroxylation is 1. The highest BCUT2D eigenvalue weighted by molar-refractivity contribution is 8.00. The number of hydrogen-bond acceptors (Lipinski definition) is 4. The topological polar surface area (TPSA) is 44.5 Å². The number of nitrogens with two attached hydrogens (primary N) is 1. The van der Waals surface area contributed by atoms with E-state index in [4.69, 9.17) is 15.2 Å². The lowest BCUT2D eigenvalue weighted by Crippen LogP contribution is -2.31. The van der Waals surface area contributed by atoms with Gasteiger partial charge in [0, 0.05) is 11.5 Å². The minimum absolute atomic E-state index is 0.351. The summed E-state index contributed by atoms with van der Waals surface area (Å²) < 4.78 is 11.2. The predicted molar refractivity (Wildman–Crippen MR) is 72.1 cm³/mol. The summed E-state index contributed by atoms with van der Waals surface area (Å²) >= 11 is 1.91. The molecule has 1 aromatic rings. The second kappa shape index (κ2) is 6.17. The molecule has 0 atom stereocenters. The van der Waals surface area contributed by atoms with Crippen LogP contribution in [-0.2, 0) is 6.42 Å². The molecule has 1 aliphatic rings. The molecule has 1 heterocycles. The third kappa shape index (κ3) is 3.30. The van der Waals surface area contributed by atoms with Gasteiger partial charge in [-0.25, -0.2) is 0 Å². The molecule has 0 saturated carbocycles. The summed E-state index contributed by atoms with van der Waals surface area (Å²) in [6.07, 6.45) is 2.35. The molecular formula is C13H19NO2S. The van der Waals surface area contributed by atoms with Gasteiger partial charge in [-0.05, 0) is 37.1 Å². The molecule has 94 valence electrons. The molecule has 3 nitrogen and oxygen atoms in total. The van der Waals surface area contributed by atoms with Crippen molar-refractivity contribution >= 4 is 11.8 Å². The van der Waals surface area contributed by atoms with E-state index in [1.807, 2.05) is 17.8 Å². The first-order chi connectivity index (χ1) is 8.33. The second-order valence-corrected chi connectivity index (χ2v) is 5.23. The molecule has 1 aliphatic heterocycles. The van der Waals surface area contributed by atoms with Crippen LogP contribution in [0.3, 0.4) is 0 Å². The number of ether oxygens (including phenoxy) is 2. The van der Waals surface area contributed by atoms with E-state index in [2.05, 4.69) is 12.1 Å². The van der Waals surface area contributed by atoms with Gasteiger partial charge in [-0.1, -0.05) is 6.07 Å². The normalized spacial score (nSPS) is 15.4. The molecule has 0 amide bonds. The fourth-order valence-electron chi connectivity index (χ4n) is 1.73. The van der Waals surface area contributed by atoms with Crippen molar-refractivity contribution < 1.29 is 9.47 Å². The Balaban J connectivity index is 2.04. The third-order valence-electron chi connectivity index (χ3n) is 2.80. The quantitative estimate of drug-likeness (QED) is 0.843. The van der Waals surface area contributed by atoms with Crippen molar-refractivity contribution in [3.63, 3.8) is 0 Å². The molecule has 2 rings (SSSR count). The maximum absolute atomic E-state index is 5.86. The van der Waals surface area contributed by atoms with E-state index in [0.717, 1.165) is 42.4 Å². The maximum atomic E-state index is 5.86. The van der Waals surface area contributed by atoms with E-state index in [-0.39, 0.29) is 0 Å². The minimum atomic E-state index is 0.351. The van der Waals surface area contributed by atoms with Gasteiger partial charge in [0.1, 0.15) is 6.10 Å². The number of rotatable bonds is 6. The monoisotopic (exact) mass is 253 g/mol. The number of hydrogen-bond donors (Lipinski definition) is 1. The molecule has 4 heteroatoms. The SMILES string of the molecule is COc1cc(CCCN)ccc1OC1CSC1. The van der Waals surface area contributed by atoms with Crippen LogP contribution in [0.2, 0.25) is 0 Å². The minimum Gasteiger partial charge on any atom is -0.493 e. The highest BCUT2D eigenvalue weighted by Gasteiger charge is 2.21. The number of thioether (sulfide) groups is 1. The fraction of sp³-hybridized carbons (Fsp3) is 0.538. The molecule has 1 saturated heterocycles. The van der Waals surface area contributed by atoms with Crippen molar-refractivity contribution in [2.24, 2.45) is 5.73 Å². The van der Waals surface area contributed by atoms with E-state index in [1.165, 1.54) is 5.56 Å². The molecule has 1 aromatic carbocycles. The van der Waals surface area contributed by atoms with E-state index in [0.29, 0.717) is 6.10 Å². The Kier molecular flexibility index (Phi) is 4.57. The summed E-state index contributed by atoms with van der Waals surface area (Å²) in [6.45, 7) is 0.722. The maximum Gasteiger partial charge on any atom is 0.161 e. The van der Waals surface area contributed by atoms with Crippen LogP contribution >= 0.6 is 11.8 Å². The Morgan fingerprint density at radius 3 is 2.76 bits per heavy atom. The summed E-state index contributed by atoms with van der Waals surface area (Å²) in [4.78, 5) is 0. The van der Waals surface area contributed by atoms with Crippen LogP contribution in [-0.4, -0.2) is 31.3 Å². The summed E-state index contributed by atoms with van der Waals surface area (Å²) in [5, 5.41) is 0. The van der Waals surface area contributed by atoms with Crippen molar-refractivity contribution in [1.29, 1.82) is 0 Å². The van der Waals surface area contributed by atoms with Crippen LogP contribution in [0, 0.1) is 0 Å². The zero-order valence-corrected chi connectivity index (χ0v) is 11.0. The fourth-order valence-corrected chi connectivity index (χ4v) is 2.30. The Hall–Kier alpha value is -0.870. The van der Waals surface area contributed by atoms with Gasteiger partial charge < -0.3 is 15.2 Å². The number of benzene rings is 1. The van der Waals surface area contributed by atoms with Gasteiger partial charge in [0.25, 0.3) is 0 Å². The van der Waals surface area contributed by atoms with Crippen LogP contribution in [0.1, 0.15) is 12.0 Å². The van der Waals surface area contributed by atoms with Crippen LogP contribution in [0.25, 0.3) is 0 Å². The smallest absolute Gasteiger partial charge is 0.161 e. The van der Waals surface area contributed by atoms with Gasteiger partial charge in [0.05, 0.1) is 7.11 Å². The standard InChI is InChI=1S/C13H19NO2S/c1-15-13-7-10(3-2-6-14)4-5-12(13)16-11-8-17-9-11/h4-5,7,11H,2-3,6,8-9,14H2,1H3. The van der Waals surface area contributed by atoms with Gasteiger partial charge in [-0.3, -0.25) is 0 Å². The van der Waals surface area contributed by atoms with Crippen LogP contribution in [0.4, 0.5) is 0 Å². The first-order valence-corrected chi connectivity index (χ1v) is 7.10. The molecule has 0 aliphatic carbocycles. The molecule has 1 fully saturated rings. The third-order valence-corrected chi connectivity index (χ3v) is 4.01. The van der Waals surface area contributed by atoms with Crippen molar-refractivity contribution in [3.8, 4) is 11.5 Å². The molecule has 0 radical (unpaired) electrons. The molecule has 2 N–H and O–H groups in total. The summed E-state index contributed by atoms with van der Waals surface area (Å²) in [5.74, 6) is 3.85. The lowest BCUT2D eigenvalue weighted by molar-refractivity contribution is 0.228. The van der Waals surface area contributed by atoms with Crippen molar-refractivity contribution in [1.82, 2.24) is 0 Å². The lowest BCUT2D eigenvalue weighted by atomic mass is 10.1. The van der Waals surface area contributed by atoms with Gasteiger partial charge in [-0.15, -0.1) is 0 Å². The highest BCUT2D eigenvalue weighted by Crippen LogP contribution is 2.32. The van der Waals surface area contributed by atoms with E-state index in [9.17, 15) is 0 Å². The van der Waals surface area contributed by atoms with Crippen molar-refractivity contribution in [2.75, 3.05) is 25.2 Å². The first kappa shape index (κ1) is 12.6. The molecule has 17 heavy (non-hydrogen) atoms. The average molecular weight is 253 g/mol. The molecule has 0 bridgehead atoms. The highest BCUT2D eigenvalue weighted by atomic mass is 32.2. The molecular weight excluding hydrogens is 234 g/mol. The van der Waals surface area contributed by atoms with Gasteiger partial charge in [-0.2, -0.15) is 11.8 Å². The van der Waals surface area contributed by atoms with Crippen molar-refractivity contribution in [3.05, 3.63) is 23.8 Å².